The van der Waals surface area contributed by atoms with Gasteiger partial charge in [-0.25, -0.2) is 0 Å². The van der Waals surface area contributed by atoms with E-state index in [1.807, 2.05) is 0 Å². The van der Waals surface area contributed by atoms with Gasteiger partial charge < -0.3 is 21.3 Å². The van der Waals surface area contributed by atoms with Gasteiger partial charge in [0.05, 0.1) is 17.5 Å². The lowest BCUT2D eigenvalue weighted by atomic mass is 9.55. The monoisotopic (exact) mass is 594 g/mol. The van der Waals surface area contributed by atoms with Gasteiger partial charge in [-0.15, -0.1) is 9.24 Å². The van der Waals surface area contributed by atoms with E-state index in [0.717, 1.165) is 68.1 Å². The average Bonchev–Trinajstić information content (AvgIpc) is 3.44. The van der Waals surface area contributed by atoms with Gasteiger partial charge in [-0.2, -0.15) is 0 Å². The van der Waals surface area contributed by atoms with Gasteiger partial charge in [0.2, 0.25) is 0 Å². The maximum absolute atomic E-state index is 3.96. The molecule has 2 saturated heterocycles. The molecule has 10 fully saturated rings. The summed E-state index contributed by atoms with van der Waals surface area (Å²) in [6.07, 6.45) is 30.1. The third kappa shape index (κ3) is 4.49. The first kappa shape index (κ1) is 27.5. The standard InChI is InChI=1S/C35H56N4P2/c40-35(31-36-6-2-7-37-31,32-38-8-3-9-39-32)30-5-1-4-29(30)22-41(33-16-23-10-24(17-33)12-25(11-23)18-33)34-19-26-13-27(20-34)15-28(14-26)21-34/h1,4,23-28,31-32,36-39H,2-3,5-22,40H2. The molecule has 11 rings (SSSR count). The van der Waals surface area contributed by atoms with Gasteiger partial charge >= 0.3 is 0 Å². The maximum atomic E-state index is 3.96. The summed E-state index contributed by atoms with van der Waals surface area (Å²) >= 11 is 0. The minimum atomic E-state index is -0.0381. The van der Waals surface area contributed by atoms with Crippen LogP contribution in [0.3, 0.4) is 0 Å². The summed E-state index contributed by atoms with van der Waals surface area (Å²) in [6, 6.07) is 0. The van der Waals surface area contributed by atoms with E-state index in [1.54, 1.807) is 88.2 Å². The summed E-state index contributed by atoms with van der Waals surface area (Å²) < 4.78 is 0. The molecule has 0 spiro atoms. The Bertz CT molecular complexity index is 953. The molecule has 0 radical (unpaired) electrons. The molecule has 0 aromatic carbocycles. The molecule has 4 N–H and O–H groups in total. The molecular weight excluding hydrogens is 538 g/mol. The van der Waals surface area contributed by atoms with Gasteiger partial charge in [-0.3, -0.25) is 0 Å². The van der Waals surface area contributed by atoms with Crippen LogP contribution in [0.1, 0.15) is 96.3 Å². The molecular formula is C35H56N4P2. The van der Waals surface area contributed by atoms with Gasteiger partial charge in [0.15, 0.2) is 0 Å². The summed E-state index contributed by atoms with van der Waals surface area (Å²) in [5, 5.41) is 17.2. The SMILES string of the molecule is PC(C1=C(CP(C23CC4CC(CC(C4)C2)C3)C23CC4CC(CC(C4)C2)C3)C=CC1)(C1NCCCN1)C1NCCCN1. The van der Waals surface area contributed by atoms with E-state index >= 15 is 0 Å². The zero-order chi connectivity index (χ0) is 27.2. The molecule has 41 heavy (non-hydrogen) atoms. The van der Waals surface area contributed by atoms with Gasteiger partial charge in [-0.05, 0) is 186 Å². The van der Waals surface area contributed by atoms with Gasteiger partial charge in [0, 0.05) is 0 Å². The van der Waals surface area contributed by atoms with Crippen molar-refractivity contribution in [1.82, 2.24) is 21.3 Å². The fourth-order valence-corrected chi connectivity index (χ4v) is 19.4. The van der Waals surface area contributed by atoms with Crippen molar-refractivity contribution in [2.45, 2.75) is 124 Å². The van der Waals surface area contributed by atoms with Crippen LogP contribution in [-0.2, 0) is 0 Å². The van der Waals surface area contributed by atoms with Crippen LogP contribution < -0.4 is 21.3 Å². The van der Waals surface area contributed by atoms with E-state index in [-0.39, 0.29) is 13.1 Å². The molecule has 4 nitrogen and oxygen atoms in total. The maximum Gasteiger partial charge on any atom is 0.0732 e. The molecule has 2 heterocycles. The molecule has 0 amide bonds. The fraction of sp³-hybridized carbons (Fsp3) is 0.886. The van der Waals surface area contributed by atoms with Gasteiger partial charge in [0.1, 0.15) is 0 Å². The molecule has 8 bridgehead atoms. The predicted octanol–water partition coefficient (Wildman–Crippen LogP) is 6.09. The van der Waals surface area contributed by atoms with Crippen LogP contribution >= 0.6 is 17.2 Å². The Morgan fingerprint density at radius 1 is 0.659 bits per heavy atom. The molecule has 0 aromatic heterocycles. The zero-order valence-electron chi connectivity index (χ0n) is 25.4. The second-order valence-corrected chi connectivity index (χ2v) is 20.8. The molecule has 2 aliphatic heterocycles. The second kappa shape index (κ2) is 10.4. The highest BCUT2D eigenvalue weighted by molar-refractivity contribution is 7.61. The number of nitrogens with one attached hydrogen (secondary N) is 4. The minimum Gasteiger partial charge on any atom is -0.301 e. The smallest absolute Gasteiger partial charge is 0.0732 e. The lowest BCUT2D eigenvalue weighted by Crippen LogP contribution is -2.71. The van der Waals surface area contributed by atoms with Crippen molar-refractivity contribution >= 4 is 17.2 Å². The lowest BCUT2D eigenvalue weighted by Gasteiger charge is -2.67. The Kier molecular flexibility index (Phi) is 6.94. The Morgan fingerprint density at radius 3 is 1.44 bits per heavy atom. The van der Waals surface area contributed by atoms with Crippen LogP contribution in [0, 0.1) is 35.5 Å². The highest BCUT2D eigenvalue weighted by Gasteiger charge is 2.62. The Balaban J connectivity index is 1.13. The van der Waals surface area contributed by atoms with Crippen LogP contribution in [0.4, 0.5) is 0 Å². The minimum absolute atomic E-state index is 0.0285. The summed E-state index contributed by atoms with van der Waals surface area (Å²) in [5.41, 5.74) is 3.52. The predicted molar refractivity (Wildman–Crippen MR) is 176 cm³/mol. The van der Waals surface area contributed by atoms with Crippen molar-refractivity contribution in [2.24, 2.45) is 35.5 Å². The second-order valence-electron chi connectivity index (χ2n) is 16.8. The largest absolute Gasteiger partial charge is 0.301 e. The lowest BCUT2D eigenvalue weighted by molar-refractivity contribution is 0.0187. The summed E-state index contributed by atoms with van der Waals surface area (Å²) in [6.45, 7) is 4.52. The first-order chi connectivity index (χ1) is 20.0. The van der Waals surface area contributed by atoms with E-state index in [9.17, 15) is 0 Å². The Hall–Kier alpha value is 0.180. The third-order valence-electron chi connectivity index (χ3n) is 14.1. The molecule has 1 unspecified atom stereocenters. The van der Waals surface area contributed by atoms with Crippen LogP contribution in [0.5, 0.6) is 0 Å². The van der Waals surface area contributed by atoms with Gasteiger partial charge in [0.25, 0.3) is 0 Å². The molecule has 0 aromatic rings. The van der Waals surface area contributed by atoms with E-state index in [1.165, 1.54) is 19.0 Å². The highest BCUT2D eigenvalue weighted by atomic mass is 31.1. The van der Waals surface area contributed by atoms with E-state index in [2.05, 4.69) is 42.7 Å². The normalized spacial score (nSPS) is 46.7. The average molecular weight is 595 g/mol. The molecule has 11 aliphatic rings. The summed E-state index contributed by atoms with van der Waals surface area (Å²) in [5.74, 6) is 6.42. The summed E-state index contributed by atoms with van der Waals surface area (Å²) in [4.78, 5) is 0. The van der Waals surface area contributed by atoms with Crippen molar-refractivity contribution in [1.29, 1.82) is 0 Å². The first-order valence-corrected chi connectivity index (χ1v) is 20.0. The number of allylic oxidation sites excluding steroid dienone is 3. The van der Waals surface area contributed by atoms with Crippen LogP contribution in [0.25, 0.3) is 0 Å². The first-order valence-electron chi connectivity index (χ1n) is 17.9. The summed E-state index contributed by atoms with van der Waals surface area (Å²) in [7, 11) is 3.45. The van der Waals surface area contributed by atoms with Crippen molar-refractivity contribution in [3.8, 4) is 0 Å². The molecule has 8 saturated carbocycles. The number of hydrogen-bond donors (Lipinski definition) is 4. The van der Waals surface area contributed by atoms with Crippen molar-refractivity contribution in [3.05, 3.63) is 23.3 Å². The van der Waals surface area contributed by atoms with Crippen molar-refractivity contribution in [3.63, 3.8) is 0 Å². The molecule has 9 aliphatic carbocycles. The highest BCUT2D eigenvalue weighted by Crippen LogP contribution is 2.79. The molecule has 6 heteroatoms. The zero-order valence-corrected chi connectivity index (χ0v) is 27.5. The van der Waals surface area contributed by atoms with Crippen LogP contribution in [-0.4, -0.2) is 60.1 Å². The van der Waals surface area contributed by atoms with E-state index < -0.39 is 0 Å². The van der Waals surface area contributed by atoms with Crippen molar-refractivity contribution < 1.29 is 0 Å². The van der Waals surface area contributed by atoms with Crippen molar-refractivity contribution in [2.75, 3.05) is 32.3 Å². The molecule has 1 atom stereocenters. The van der Waals surface area contributed by atoms with Gasteiger partial charge in [-0.1, -0.05) is 20.1 Å². The quantitative estimate of drug-likeness (QED) is 0.270. The van der Waals surface area contributed by atoms with E-state index in [0.29, 0.717) is 22.6 Å². The van der Waals surface area contributed by atoms with Crippen LogP contribution in [0.15, 0.2) is 23.3 Å². The number of hydrogen-bond acceptors (Lipinski definition) is 4. The number of rotatable bonds is 7. The Labute approximate surface area is 253 Å². The van der Waals surface area contributed by atoms with Crippen LogP contribution in [0.2, 0.25) is 0 Å². The molecule has 226 valence electrons. The topological polar surface area (TPSA) is 48.1 Å². The third-order valence-corrected chi connectivity index (χ3v) is 19.2. The fourth-order valence-electron chi connectivity index (χ4n) is 13.5. The Morgan fingerprint density at radius 2 is 1.05 bits per heavy atom. The van der Waals surface area contributed by atoms with E-state index in [4.69, 9.17) is 0 Å².